The first kappa shape index (κ1) is 18.5. The Morgan fingerprint density at radius 2 is 1.85 bits per heavy atom. The number of nitrogens with zero attached hydrogens (tertiary/aromatic N) is 2. The van der Waals surface area contributed by atoms with Gasteiger partial charge in [-0.1, -0.05) is 28.8 Å². The van der Waals surface area contributed by atoms with Crippen LogP contribution in [0.5, 0.6) is 11.5 Å². The average Bonchev–Trinajstić information content (AvgIpc) is 3.09. The molecule has 0 bridgehead atoms. The summed E-state index contributed by atoms with van der Waals surface area (Å²) in [5.41, 5.74) is 1.39. The molecule has 8 nitrogen and oxygen atoms in total. The molecule has 0 aliphatic heterocycles. The molecule has 140 valence electrons. The molecule has 0 radical (unpaired) electrons. The number of methoxy groups -OCH3 is 2. The summed E-state index contributed by atoms with van der Waals surface area (Å²) in [5, 5.41) is 13.3. The molecule has 1 heterocycles. The first-order valence-electron chi connectivity index (χ1n) is 7.94. The van der Waals surface area contributed by atoms with Gasteiger partial charge in [0.25, 0.3) is 0 Å². The monoisotopic (exact) mass is 388 g/mol. The summed E-state index contributed by atoms with van der Waals surface area (Å²) in [6.45, 7) is 0. The molecule has 1 aromatic heterocycles. The summed E-state index contributed by atoms with van der Waals surface area (Å²) >= 11 is 5.94. The second-order valence-electron chi connectivity index (χ2n) is 5.45. The van der Waals surface area contributed by atoms with Gasteiger partial charge in [0.05, 0.1) is 26.3 Å². The Kier molecular flexibility index (Phi) is 5.77. The number of hydrogen-bond acceptors (Lipinski definition) is 6. The summed E-state index contributed by atoms with van der Waals surface area (Å²) in [5.74, 6) is 1.61. The number of amides is 2. The van der Waals surface area contributed by atoms with Crippen LogP contribution in [-0.4, -0.2) is 30.4 Å². The van der Waals surface area contributed by atoms with E-state index in [-0.39, 0.29) is 6.01 Å². The van der Waals surface area contributed by atoms with Gasteiger partial charge in [-0.25, -0.2) is 4.79 Å². The molecule has 0 saturated heterocycles. The Morgan fingerprint density at radius 1 is 1.07 bits per heavy atom. The van der Waals surface area contributed by atoms with Crippen molar-refractivity contribution in [2.75, 3.05) is 24.9 Å². The lowest BCUT2D eigenvalue weighted by atomic mass is 10.1. The molecule has 2 N–H and O–H groups in total. The van der Waals surface area contributed by atoms with Crippen LogP contribution in [0.3, 0.4) is 0 Å². The van der Waals surface area contributed by atoms with Gasteiger partial charge in [0.15, 0.2) is 0 Å². The molecule has 0 unspecified atom stereocenters. The Balaban J connectivity index is 1.61. The zero-order valence-corrected chi connectivity index (χ0v) is 15.4. The van der Waals surface area contributed by atoms with Crippen molar-refractivity contribution in [1.82, 2.24) is 10.2 Å². The van der Waals surface area contributed by atoms with E-state index in [1.54, 1.807) is 25.3 Å². The van der Waals surface area contributed by atoms with E-state index >= 15 is 0 Å². The predicted molar refractivity (Wildman–Crippen MR) is 101 cm³/mol. The lowest BCUT2D eigenvalue weighted by Gasteiger charge is -2.10. The number of anilines is 2. The first-order chi connectivity index (χ1) is 13.1. The van der Waals surface area contributed by atoms with E-state index in [0.29, 0.717) is 28.8 Å². The van der Waals surface area contributed by atoms with E-state index in [9.17, 15) is 4.79 Å². The summed E-state index contributed by atoms with van der Waals surface area (Å²) in [4.78, 5) is 12.1. The van der Waals surface area contributed by atoms with Crippen molar-refractivity contribution in [3.63, 3.8) is 0 Å². The number of urea groups is 1. The standard InChI is InChI=1S/C18H17ClN4O4/c1-25-13-6-3-11(4-7-13)9-16-22-23-18(27-16)21-17(24)20-14-10-12(19)5-8-15(14)26-2/h3-8,10H,9H2,1-2H3,(H2,20,21,23,24). The Morgan fingerprint density at radius 3 is 2.56 bits per heavy atom. The van der Waals surface area contributed by atoms with Crippen molar-refractivity contribution in [3.05, 3.63) is 58.9 Å². The second kappa shape index (κ2) is 8.41. The van der Waals surface area contributed by atoms with Crippen LogP contribution in [0.25, 0.3) is 0 Å². The third-order valence-corrected chi connectivity index (χ3v) is 3.85. The molecule has 9 heteroatoms. The third-order valence-electron chi connectivity index (χ3n) is 3.61. The van der Waals surface area contributed by atoms with Crippen LogP contribution >= 0.6 is 11.6 Å². The van der Waals surface area contributed by atoms with Gasteiger partial charge in [-0.2, -0.15) is 0 Å². The highest BCUT2D eigenvalue weighted by molar-refractivity contribution is 6.31. The fraction of sp³-hybridized carbons (Fsp3) is 0.167. The van der Waals surface area contributed by atoms with Crippen LogP contribution in [0.4, 0.5) is 16.5 Å². The van der Waals surface area contributed by atoms with Gasteiger partial charge in [-0.3, -0.25) is 5.32 Å². The highest BCUT2D eigenvalue weighted by atomic mass is 35.5. The largest absolute Gasteiger partial charge is 0.497 e. The molecule has 0 spiro atoms. The predicted octanol–water partition coefficient (Wildman–Crippen LogP) is 3.98. The number of hydrogen-bond donors (Lipinski definition) is 2. The number of carbonyl (C=O) groups is 1. The number of benzene rings is 2. The van der Waals surface area contributed by atoms with Gasteiger partial charge < -0.3 is 19.2 Å². The van der Waals surface area contributed by atoms with Gasteiger partial charge >= 0.3 is 12.0 Å². The van der Waals surface area contributed by atoms with Crippen molar-refractivity contribution in [3.8, 4) is 11.5 Å². The molecule has 2 amide bonds. The van der Waals surface area contributed by atoms with Crippen LogP contribution in [-0.2, 0) is 6.42 Å². The molecule has 0 fully saturated rings. The normalized spacial score (nSPS) is 10.3. The van der Waals surface area contributed by atoms with Crippen molar-refractivity contribution in [1.29, 1.82) is 0 Å². The smallest absolute Gasteiger partial charge is 0.327 e. The molecule has 0 saturated carbocycles. The Bertz CT molecular complexity index is 927. The maximum atomic E-state index is 12.1. The molecule has 0 aliphatic carbocycles. The molecular formula is C18H17ClN4O4. The maximum absolute atomic E-state index is 12.1. The van der Waals surface area contributed by atoms with Crippen molar-refractivity contribution in [2.24, 2.45) is 0 Å². The SMILES string of the molecule is COc1ccc(Cc2nnc(NC(=O)Nc3cc(Cl)ccc3OC)o2)cc1. The molecule has 3 rings (SSSR count). The van der Waals surface area contributed by atoms with E-state index in [4.69, 9.17) is 25.5 Å². The highest BCUT2D eigenvalue weighted by Crippen LogP contribution is 2.27. The van der Waals surface area contributed by atoms with Gasteiger partial charge in [-0.05, 0) is 35.9 Å². The first-order valence-corrected chi connectivity index (χ1v) is 8.32. The lowest BCUT2D eigenvalue weighted by Crippen LogP contribution is -2.20. The summed E-state index contributed by atoms with van der Waals surface area (Å²) in [6.07, 6.45) is 0.433. The van der Waals surface area contributed by atoms with Crippen molar-refractivity contribution < 1.29 is 18.7 Å². The average molecular weight is 389 g/mol. The fourth-order valence-corrected chi connectivity index (χ4v) is 2.49. The van der Waals surface area contributed by atoms with Gasteiger partial charge in [0.2, 0.25) is 5.89 Å². The van der Waals surface area contributed by atoms with Crippen LogP contribution in [0.15, 0.2) is 46.9 Å². The number of carbonyl (C=O) groups excluding carboxylic acids is 1. The molecule has 0 atom stereocenters. The van der Waals surface area contributed by atoms with Crippen LogP contribution in [0.2, 0.25) is 5.02 Å². The number of aromatic nitrogens is 2. The second-order valence-corrected chi connectivity index (χ2v) is 5.89. The Hall–Kier alpha value is -3.26. The minimum absolute atomic E-state index is 0.0167. The maximum Gasteiger partial charge on any atom is 0.327 e. The van der Waals surface area contributed by atoms with Gasteiger partial charge in [0, 0.05) is 5.02 Å². The zero-order valence-electron chi connectivity index (χ0n) is 14.7. The van der Waals surface area contributed by atoms with Crippen LogP contribution in [0.1, 0.15) is 11.5 Å². The topological polar surface area (TPSA) is 98.5 Å². The Labute approximate surface area is 160 Å². The quantitative estimate of drug-likeness (QED) is 0.662. The fourth-order valence-electron chi connectivity index (χ4n) is 2.32. The van der Waals surface area contributed by atoms with Crippen molar-refractivity contribution in [2.45, 2.75) is 6.42 Å². The van der Waals surface area contributed by atoms with E-state index in [2.05, 4.69) is 20.8 Å². The van der Waals surface area contributed by atoms with Crippen LogP contribution < -0.4 is 20.1 Å². The molecule has 27 heavy (non-hydrogen) atoms. The highest BCUT2D eigenvalue weighted by Gasteiger charge is 2.13. The lowest BCUT2D eigenvalue weighted by molar-refractivity contribution is 0.261. The molecule has 2 aromatic carbocycles. The van der Waals surface area contributed by atoms with E-state index in [1.807, 2.05) is 24.3 Å². The van der Waals surface area contributed by atoms with E-state index in [1.165, 1.54) is 7.11 Å². The molecule has 3 aromatic rings. The summed E-state index contributed by atoms with van der Waals surface area (Å²) in [6, 6.07) is 11.8. The van der Waals surface area contributed by atoms with Gasteiger partial charge in [-0.15, -0.1) is 5.10 Å². The van der Waals surface area contributed by atoms with E-state index < -0.39 is 6.03 Å². The summed E-state index contributed by atoms with van der Waals surface area (Å²) < 4.78 is 15.7. The molecular weight excluding hydrogens is 372 g/mol. The number of ether oxygens (including phenoxy) is 2. The van der Waals surface area contributed by atoms with E-state index in [0.717, 1.165) is 11.3 Å². The van der Waals surface area contributed by atoms with Gasteiger partial charge in [0.1, 0.15) is 11.5 Å². The minimum Gasteiger partial charge on any atom is -0.497 e. The molecule has 0 aliphatic rings. The number of halogens is 1. The zero-order chi connectivity index (χ0) is 19.2. The van der Waals surface area contributed by atoms with Crippen LogP contribution in [0, 0.1) is 0 Å². The number of nitrogens with one attached hydrogen (secondary N) is 2. The number of rotatable bonds is 6. The van der Waals surface area contributed by atoms with Crippen molar-refractivity contribution >= 4 is 29.3 Å². The summed E-state index contributed by atoms with van der Waals surface area (Å²) in [7, 11) is 3.10. The minimum atomic E-state index is -0.560. The third kappa shape index (κ3) is 4.89.